The molecule has 0 aromatic heterocycles. The minimum absolute atomic E-state index is 0.400. The first kappa shape index (κ1) is 16.2. The van der Waals surface area contributed by atoms with E-state index in [0.29, 0.717) is 19.8 Å². The summed E-state index contributed by atoms with van der Waals surface area (Å²) in [4.78, 5) is 2.28. The Morgan fingerprint density at radius 2 is 1.95 bits per heavy atom. The van der Waals surface area contributed by atoms with E-state index in [-0.39, 0.29) is 0 Å². The third-order valence-electron chi connectivity index (χ3n) is 3.17. The van der Waals surface area contributed by atoms with Gasteiger partial charge in [-0.3, -0.25) is 0 Å². The summed E-state index contributed by atoms with van der Waals surface area (Å²) < 4.78 is 5.55. The van der Waals surface area contributed by atoms with Crippen molar-refractivity contribution in [2.24, 2.45) is 0 Å². The van der Waals surface area contributed by atoms with Crippen LogP contribution in [0.4, 0.5) is 0 Å². The summed E-state index contributed by atoms with van der Waals surface area (Å²) in [5.41, 5.74) is 1.15. The molecule has 0 amide bonds. The van der Waals surface area contributed by atoms with Gasteiger partial charge in [0.05, 0.1) is 19.3 Å². The van der Waals surface area contributed by atoms with Crippen molar-refractivity contribution in [3.05, 3.63) is 35.9 Å². The van der Waals surface area contributed by atoms with Gasteiger partial charge >= 0.3 is 0 Å². The summed E-state index contributed by atoms with van der Waals surface area (Å²) in [5, 5.41) is 9.96. The molecule has 1 N–H and O–H groups in total. The number of hydrogen-bond acceptors (Lipinski definition) is 3. The first-order valence-electron chi connectivity index (χ1n) is 7.28. The SMILES string of the molecule is CCCCN(CC)CC(O)COCc1ccccc1. The number of benzene rings is 1. The van der Waals surface area contributed by atoms with Crippen molar-refractivity contribution in [2.75, 3.05) is 26.2 Å². The van der Waals surface area contributed by atoms with Crippen molar-refractivity contribution < 1.29 is 9.84 Å². The number of hydrogen-bond donors (Lipinski definition) is 1. The number of ether oxygens (including phenoxy) is 1. The largest absolute Gasteiger partial charge is 0.389 e. The topological polar surface area (TPSA) is 32.7 Å². The van der Waals surface area contributed by atoms with Crippen LogP contribution in [0.1, 0.15) is 32.3 Å². The Kier molecular flexibility index (Phi) is 8.47. The Balaban J connectivity index is 2.17. The maximum atomic E-state index is 9.96. The molecular formula is C16H27NO2. The Bertz CT molecular complexity index is 316. The van der Waals surface area contributed by atoms with E-state index in [1.165, 1.54) is 12.8 Å². The van der Waals surface area contributed by atoms with E-state index in [4.69, 9.17) is 4.74 Å². The fraction of sp³-hybridized carbons (Fsp3) is 0.625. The lowest BCUT2D eigenvalue weighted by Crippen LogP contribution is -2.35. The van der Waals surface area contributed by atoms with Crippen molar-refractivity contribution in [2.45, 2.75) is 39.4 Å². The van der Waals surface area contributed by atoms with Gasteiger partial charge in [-0.15, -0.1) is 0 Å². The molecule has 1 rings (SSSR count). The highest BCUT2D eigenvalue weighted by Gasteiger charge is 2.10. The third-order valence-corrected chi connectivity index (χ3v) is 3.17. The molecule has 1 aromatic carbocycles. The monoisotopic (exact) mass is 265 g/mol. The molecule has 1 aromatic rings. The summed E-state index contributed by atoms with van der Waals surface area (Å²) in [6, 6.07) is 10.1. The average Bonchev–Trinajstić information content (AvgIpc) is 2.44. The number of unbranched alkanes of at least 4 members (excludes halogenated alkanes) is 1. The van der Waals surface area contributed by atoms with E-state index in [2.05, 4.69) is 18.7 Å². The van der Waals surface area contributed by atoms with Gasteiger partial charge in [-0.1, -0.05) is 50.6 Å². The Morgan fingerprint density at radius 3 is 2.58 bits per heavy atom. The highest BCUT2D eigenvalue weighted by atomic mass is 16.5. The highest BCUT2D eigenvalue weighted by Crippen LogP contribution is 2.02. The van der Waals surface area contributed by atoms with Crippen molar-refractivity contribution in [1.82, 2.24) is 4.90 Å². The van der Waals surface area contributed by atoms with Gasteiger partial charge in [-0.25, -0.2) is 0 Å². The lowest BCUT2D eigenvalue weighted by atomic mass is 10.2. The van der Waals surface area contributed by atoms with Crippen LogP contribution in [0.25, 0.3) is 0 Å². The molecule has 0 heterocycles. The van der Waals surface area contributed by atoms with E-state index in [1.54, 1.807) is 0 Å². The summed E-state index contributed by atoms with van der Waals surface area (Å²) in [5.74, 6) is 0. The molecule has 19 heavy (non-hydrogen) atoms. The summed E-state index contributed by atoms with van der Waals surface area (Å²) in [7, 11) is 0. The van der Waals surface area contributed by atoms with Crippen molar-refractivity contribution in [1.29, 1.82) is 0 Å². The zero-order valence-corrected chi connectivity index (χ0v) is 12.2. The summed E-state index contributed by atoms with van der Waals surface area (Å²) >= 11 is 0. The van der Waals surface area contributed by atoms with Crippen LogP contribution in [0.15, 0.2) is 30.3 Å². The predicted molar refractivity (Wildman–Crippen MR) is 79.1 cm³/mol. The van der Waals surface area contributed by atoms with Crippen LogP contribution >= 0.6 is 0 Å². The van der Waals surface area contributed by atoms with Crippen LogP contribution in [-0.4, -0.2) is 42.4 Å². The van der Waals surface area contributed by atoms with Crippen molar-refractivity contribution >= 4 is 0 Å². The van der Waals surface area contributed by atoms with Crippen molar-refractivity contribution in [3.8, 4) is 0 Å². The standard InChI is InChI=1S/C16H27NO2/c1-3-5-11-17(4-2)12-16(18)14-19-13-15-9-7-6-8-10-15/h6-10,16,18H,3-5,11-14H2,1-2H3. The van der Waals surface area contributed by atoms with Crippen LogP contribution in [-0.2, 0) is 11.3 Å². The van der Waals surface area contributed by atoms with Gasteiger partial charge in [0.15, 0.2) is 0 Å². The molecule has 1 unspecified atom stereocenters. The average molecular weight is 265 g/mol. The smallest absolute Gasteiger partial charge is 0.0900 e. The molecule has 3 nitrogen and oxygen atoms in total. The maximum Gasteiger partial charge on any atom is 0.0900 e. The minimum atomic E-state index is -0.402. The lowest BCUT2D eigenvalue weighted by Gasteiger charge is -2.23. The number of likely N-dealkylation sites (N-methyl/N-ethyl adjacent to an activating group) is 1. The van der Waals surface area contributed by atoms with Gasteiger partial charge in [-0.05, 0) is 25.1 Å². The molecule has 3 heteroatoms. The Hall–Kier alpha value is -0.900. The Labute approximate surface area is 117 Å². The first-order valence-corrected chi connectivity index (χ1v) is 7.28. The molecule has 108 valence electrons. The van der Waals surface area contributed by atoms with E-state index in [0.717, 1.165) is 18.7 Å². The zero-order valence-electron chi connectivity index (χ0n) is 12.2. The van der Waals surface area contributed by atoms with Gasteiger partial charge in [-0.2, -0.15) is 0 Å². The van der Waals surface area contributed by atoms with E-state index >= 15 is 0 Å². The van der Waals surface area contributed by atoms with E-state index in [9.17, 15) is 5.11 Å². The molecule has 0 saturated heterocycles. The molecule has 0 radical (unpaired) electrons. The highest BCUT2D eigenvalue weighted by molar-refractivity contribution is 5.13. The quantitative estimate of drug-likeness (QED) is 0.706. The summed E-state index contributed by atoms with van der Waals surface area (Å²) in [6.45, 7) is 8.03. The van der Waals surface area contributed by atoms with Gasteiger partial charge in [0.1, 0.15) is 0 Å². The van der Waals surface area contributed by atoms with Crippen LogP contribution in [0.5, 0.6) is 0 Å². The number of aliphatic hydroxyl groups is 1. The van der Waals surface area contributed by atoms with Gasteiger partial charge in [0.2, 0.25) is 0 Å². The fourth-order valence-corrected chi connectivity index (χ4v) is 2.00. The van der Waals surface area contributed by atoms with Gasteiger partial charge in [0, 0.05) is 6.54 Å². The molecule has 1 atom stereocenters. The normalized spacial score (nSPS) is 12.8. The Morgan fingerprint density at radius 1 is 1.21 bits per heavy atom. The summed E-state index contributed by atoms with van der Waals surface area (Å²) in [6.07, 6.45) is 1.98. The van der Waals surface area contributed by atoms with Crippen LogP contribution in [0.2, 0.25) is 0 Å². The second-order valence-corrected chi connectivity index (χ2v) is 4.90. The molecule has 0 spiro atoms. The number of rotatable bonds is 10. The van der Waals surface area contributed by atoms with Gasteiger partial charge < -0.3 is 14.7 Å². The number of aliphatic hydroxyl groups excluding tert-OH is 1. The third kappa shape index (κ3) is 7.31. The lowest BCUT2D eigenvalue weighted by molar-refractivity contribution is 0.0105. The first-order chi connectivity index (χ1) is 9.26. The zero-order chi connectivity index (χ0) is 13.9. The molecular weight excluding hydrogens is 238 g/mol. The predicted octanol–water partition coefficient (Wildman–Crippen LogP) is 2.69. The van der Waals surface area contributed by atoms with Gasteiger partial charge in [0.25, 0.3) is 0 Å². The number of nitrogens with zero attached hydrogens (tertiary/aromatic N) is 1. The van der Waals surface area contributed by atoms with E-state index < -0.39 is 6.10 Å². The second-order valence-electron chi connectivity index (χ2n) is 4.90. The van der Waals surface area contributed by atoms with Crippen LogP contribution < -0.4 is 0 Å². The maximum absolute atomic E-state index is 9.96. The molecule has 0 fully saturated rings. The molecule has 0 aliphatic rings. The van der Waals surface area contributed by atoms with E-state index in [1.807, 2.05) is 30.3 Å². The fourth-order valence-electron chi connectivity index (χ4n) is 2.00. The second kappa shape index (κ2) is 9.96. The molecule has 0 bridgehead atoms. The van der Waals surface area contributed by atoms with Crippen molar-refractivity contribution in [3.63, 3.8) is 0 Å². The van der Waals surface area contributed by atoms with Crippen LogP contribution in [0.3, 0.4) is 0 Å². The molecule has 0 aliphatic heterocycles. The molecule has 0 aliphatic carbocycles. The minimum Gasteiger partial charge on any atom is -0.389 e. The molecule has 0 saturated carbocycles. The van der Waals surface area contributed by atoms with Crippen LogP contribution in [0, 0.1) is 0 Å².